The molecule has 1 saturated carbocycles. The van der Waals surface area contributed by atoms with E-state index in [2.05, 4.69) is 26.6 Å². The van der Waals surface area contributed by atoms with Gasteiger partial charge in [0.1, 0.15) is 4.99 Å². The van der Waals surface area contributed by atoms with Gasteiger partial charge in [0, 0.05) is 16.1 Å². The van der Waals surface area contributed by atoms with Gasteiger partial charge in [0.15, 0.2) is 0 Å². The molecule has 4 N–H and O–H groups in total. The average Bonchev–Trinajstić information content (AvgIpc) is 3.00. The first-order valence-corrected chi connectivity index (χ1v) is 6.43. The highest BCUT2D eigenvalue weighted by Gasteiger charge is 2.23. The Morgan fingerprint density at radius 1 is 1.47 bits per heavy atom. The normalized spacial score (nSPS) is 14.2. The Hall–Kier alpha value is -1.14. The van der Waals surface area contributed by atoms with Crippen LogP contribution in [-0.4, -0.2) is 17.1 Å². The molecule has 0 bridgehead atoms. The number of amides is 2. The van der Waals surface area contributed by atoms with Crippen molar-refractivity contribution in [2.45, 2.75) is 18.9 Å². The number of rotatable bonds is 3. The Morgan fingerprint density at radius 3 is 2.76 bits per heavy atom. The van der Waals surface area contributed by atoms with E-state index in [1.54, 1.807) is 12.1 Å². The minimum absolute atomic E-state index is 0.219. The van der Waals surface area contributed by atoms with Gasteiger partial charge in [0.2, 0.25) is 0 Å². The van der Waals surface area contributed by atoms with Crippen LogP contribution in [0.3, 0.4) is 0 Å². The van der Waals surface area contributed by atoms with E-state index in [0.717, 1.165) is 17.3 Å². The van der Waals surface area contributed by atoms with E-state index in [4.69, 9.17) is 18.0 Å². The quantitative estimate of drug-likeness (QED) is 0.750. The van der Waals surface area contributed by atoms with Crippen molar-refractivity contribution < 1.29 is 4.79 Å². The zero-order valence-electron chi connectivity index (χ0n) is 9.00. The molecule has 6 heteroatoms. The van der Waals surface area contributed by atoms with Crippen molar-refractivity contribution in [3.8, 4) is 0 Å². The van der Waals surface area contributed by atoms with Crippen LogP contribution < -0.4 is 16.4 Å². The Balaban J connectivity index is 2.14. The maximum absolute atomic E-state index is 11.6. The first-order valence-electron chi connectivity index (χ1n) is 5.23. The lowest BCUT2D eigenvalue weighted by atomic mass is 10.2. The SMILES string of the molecule is NC(=S)c1ccc(Br)cc1NC(=O)NC1CC1. The standard InChI is InChI=1S/C11H12BrN3OS/c12-6-1-4-8(10(13)17)9(5-6)15-11(16)14-7-2-3-7/h1,4-5,7H,2-3H2,(H2,13,17)(H2,14,15,16). The van der Waals surface area contributed by atoms with Crippen LogP contribution in [0, 0.1) is 0 Å². The number of carbonyl (C=O) groups is 1. The summed E-state index contributed by atoms with van der Waals surface area (Å²) < 4.78 is 0.860. The Kier molecular flexibility index (Phi) is 3.63. The third-order valence-electron chi connectivity index (χ3n) is 2.41. The summed E-state index contributed by atoms with van der Waals surface area (Å²) in [5.74, 6) is 0. The molecule has 0 atom stereocenters. The van der Waals surface area contributed by atoms with Crippen molar-refractivity contribution in [3.05, 3.63) is 28.2 Å². The molecule has 0 spiro atoms. The van der Waals surface area contributed by atoms with E-state index >= 15 is 0 Å². The number of nitrogens with one attached hydrogen (secondary N) is 2. The van der Waals surface area contributed by atoms with E-state index < -0.39 is 0 Å². The van der Waals surface area contributed by atoms with Gasteiger partial charge in [-0.3, -0.25) is 0 Å². The third kappa shape index (κ3) is 3.41. The van der Waals surface area contributed by atoms with Crippen molar-refractivity contribution in [2.75, 3.05) is 5.32 Å². The predicted octanol–water partition coefficient (Wildman–Crippen LogP) is 2.37. The molecule has 90 valence electrons. The highest BCUT2D eigenvalue weighted by Crippen LogP contribution is 2.22. The molecule has 1 aliphatic rings. The minimum atomic E-state index is -0.219. The van der Waals surface area contributed by atoms with E-state index in [1.165, 1.54) is 0 Å². The Morgan fingerprint density at radius 2 is 2.18 bits per heavy atom. The average molecular weight is 314 g/mol. The number of hydrogen-bond acceptors (Lipinski definition) is 2. The number of nitrogens with two attached hydrogens (primary N) is 1. The molecule has 17 heavy (non-hydrogen) atoms. The summed E-state index contributed by atoms with van der Waals surface area (Å²) in [5, 5.41) is 5.59. The highest BCUT2D eigenvalue weighted by molar-refractivity contribution is 9.10. The number of thiocarbonyl (C=S) groups is 1. The summed E-state index contributed by atoms with van der Waals surface area (Å²) >= 11 is 8.28. The van der Waals surface area contributed by atoms with Gasteiger partial charge in [-0.2, -0.15) is 0 Å². The molecular formula is C11H12BrN3OS. The van der Waals surface area contributed by atoms with Crippen molar-refractivity contribution in [1.29, 1.82) is 0 Å². The van der Waals surface area contributed by atoms with Gasteiger partial charge in [0.25, 0.3) is 0 Å². The molecule has 1 fully saturated rings. The molecule has 0 heterocycles. The second kappa shape index (κ2) is 5.01. The number of hydrogen-bond donors (Lipinski definition) is 3. The molecule has 0 unspecified atom stereocenters. The summed E-state index contributed by atoms with van der Waals surface area (Å²) in [7, 11) is 0. The number of halogens is 1. The molecule has 4 nitrogen and oxygen atoms in total. The van der Waals surface area contributed by atoms with Crippen LogP contribution in [0.2, 0.25) is 0 Å². The van der Waals surface area contributed by atoms with Gasteiger partial charge in [0.05, 0.1) is 5.69 Å². The molecule has 0 aromatic heterocycles. The van der Waals surface area contributed by atoms with Gasteiger partial charge in [-0.05, 0) is 31.0 Å². The van der Waals surface area contributed by atoms with Gasteiger partial charge in [-0.25, -0.2) is 4.79 Å². The van der Waals surface area contributed by atoms with E-state index in [9.17, 15) is 4.79 Å². The fourth-order valence-corrected chi connectivity index (χ4v) is 1.95. The van der Waals surface area contributed by atoms with Crippen molar-refractivity contribution in [2.24, 2.45) is 5.73 Å². The van der Waals surface area contributed by atoms with Crippen LogP contribution in [0.5, 0.6) is 0 Å². The second-order valence-electron chi connectivity index (χ2n) is 3.93. The van der Waals surface area contributed by atoms with Crippen LogP contribution in [0.25, 0.3) is 0 Å². The topological polar surface area (TPSA) is 67.1 Å². The number of anilines is 1. The van der Waals surface area contributed by atoms with Gasteiger partial charge in [-0.15, -0.1) is 0 Å². The Labute approximate surface area is 113 Å². The fraction of sp³-hybridized carbons (Fsp3) is 0.273. The second-order valence-corrected chi connectivity index (χ2v) is 5.28. The molecule has 0 radical (unpaired) electrons. The molecule has 1 aromatic carbocycles. The molecule has 1 aromatic rings. The van der Waals surface area contributed by atoms with Crippen molar-refractivity contribution >= 4 is 44.9 Å². The van der Waals surface area contributed by atoms with E-state index in [1.807, 2.05) is 6.07 Å². The molecule has 2 amide bonds. The Bertz CT molecular complexity index is 474. The lowest BCUT2D eigenvalue weighted by Crippen LogP contribution is -2.31. The largest absolute Gasteiger partial charge is 0.389 e. The predicted molar refractivity (Wildman–Crippen MR) is 75.2 cm³/mol. The van der Waals surface area contributed by atoms with Crippen LogP contribution >= 0.6 is 28.1 Å². The van der Waals surface area contributed by atoms with E-state index in [-0.39, 0.29) is 11.0 Å². The van der Waals surface area contributed by atoms with Crippen molar-refractivity contribution in [1.82, 2.24) is 5.32 Å². The van der Waals surface area contributed by atoms with Crippen LogP contribution in [0.4, 0.5) is 10.5 Å². The van der Waals surface area contributed by atoms with Crippen LogP contribution in [0.15, 0.2) is 22.7 Å². The van der Waals surface area contributed by atoms with E-state index in [0.29, 0.717) is 17.3 Å². The summed E-state index contributed by atoms with van der Waals surface area (Å²) in [6.07, 6.45) is 2.10. The molecule has 1 aliphatic carbocycles. The number of benzene rings is 1. The fourth-order valence-electron chi connectivity index (χ4n) is 1.41. The number of carbonyl (C=O) groups excluding carboxylic acids is 1. The monoisotopic (exact) mass is 313 g/mol. The lowest BCUT2D eigenvalue weighted by molar-refractivity contribution is 0.251. The van der Waals surface area contributed by atoms with Crippen molar-refractivity contribution in [3.63, 3.8) is 0 Å². The lowest BCUT2D eigenvalue weighted by Gasteiger charge is -2.11. The molecular weight excluding hydrogens is 302 g/mol. The van der Waals surface area contributed by atoms with Crippen LogP contribution in [-0.2, 0) is 0 Å². The summed E-state index contributed by atoms with van der Waals surface area (Å²) in [4.78, 5) is 11.9. The maximum atomic E-state index is 11.6. The first-order chi connectivity index (χ1) is 8.06. The smallest absolute Gasteiger partial charge is 0.319 e. The van der Waals surface area contributed by atoms with Gasteiger partial charge >= 0.3 is 6.03 Å². The van der Waals surface area contributed by atoms with Crippen LogP contribution in [0.1, 0.15) is 18.4 Å². The molecule has 0 saturated heterocycles. The first kappa shape index (κ1) is 12.3. The third-order valence-corrected chi connectivity index (χ3v) is 3.12. The number of urea groups is 1. The zero-order chi connectivity index (χ0) is 12.4. The molecule has 0 aliphatic heterocycles. The van der Waals surface area contributed by atoms with Gasteiger partial charge in [-0.1, -0.05) is 28.1 Å². The highest BCUT2D eigenvalue weighted by atomic mass is 79.9. The summed E-state index contributed by atoms with van der Waals surface area (Å²) in [6.45, 7) is 0. The zero-order valence-corrected chi connectivity index (χ0v) is 11.4. The minimum Gasteiger partial charge on any atom is -0.389 e. The summed E-state index contributed by atoms with van der Waals surface area (Å²) in [6, 6.07) is 5.48. The maximum Gasteiger partial charge on any atom is 0.319 e. The summed E-state index contributed by atoms with van der Waals surface area (Å²) in [5.41, 5.74) is 6.88. The van der Waals surface area contributed by atoms with Gasteiger partial charge < -0.3 is 16.4 Å². The molecule has 2 rings (SSSR count).